The second-order valence-corrected chi connectivity index (χ2v) is 3.85. The molecule has 0 bridgehead atoms. The molecule has 0 radical (unpaired) electrons. The summed E-state index contributed by atoms with van der Waals surface area (Å²) in [7, 11) is 0. The molecule has 4 N–H and O–H groups in total. The van der Waals surface area contributed by atoms with Crippen molar-refractivity contribution >= 4 is 11.8 Å². The van der Waals surface area contributed by atoms with Gasteiger partial charge in [-0.25, -0.2) is 10.8 Å². The predicted molar refractivity (Wildman–Crippen MR) is 64.1 cm³/mol. The largest absolute Gasteiger partial charge is 0.395 e. The lowest BCUT2D eigenvalue weighted by molar-refractivity contribution is 0.298. The van der Waals surface area contributed by atoms with E-state index in [2.05, 4.69) is 15.4 Å². The number of nitrogens with one attached hydrogen (secondary N) is 1. The zero-order valence-corrected chi connectivity index (χ0v) is 9.94. The predicted octanol–water partition coefficient (Wildman–Crippen LogP) is 0.278. The maximum Gasteiger partial charge on any atom is 0.239 e. The van der Waals surface area contributed by atoms with E-state index in [1.54, 1.807) is 0 Å². The van der Waals surface area contributed by atoms with Crippen molar-refractivity contribution < 1.29 is 5.11 Å². The molecule has 6 nitrogen and oxygen atoms in total. The number of rotatable bonds is 5. The van der Waals surface area contributed by atoms with Crippen molar-refractivity contribution in [1.82, 2.24) is 9.97 Å². The van der Waals surface area contributed by atoms with Gasteiger partial charge in [0.2, 0.25) is 5.95 Å². The van der Waals surface area contributed by atoms with E-state index in [1.807, 2.05) is 31.7 Å². The third-order valence-electron chi connectivity index (χ3n) is 2.23. The molecular weight excluding hydrogens is 206 g/mol. The number of anilines is 2. The first-order valence-electron chi connectivity index (χ1n) is 5.28. The van der Waals surface area contributed by atoms with Crippen LogP contribution in [0.25, 0.3) is 0 Å². The van der Waals surface area contributed by atoms with E-state index in [-0.39, 0.29) is 12.6 Å². The molecule has 1 aromatic rings. The van der Waals surface area contributed by atoms with Gasteiger partial charge in [-0.1, -0.05) is 0 Å². The molecule has 0 aliphatic rings. The molecule has 0 amide bonds. The van der Waals surface area contributed by atoms with Gasteiger partial charge in [-0.2, -0.15) is 4.98 Å². The second kappa shape index (κ2) is 5.62. The fourth-order valence-corrected chi connectivity index (χ4v) is 1.51. The average molecular weight is 225 g/mol. The lowest BCUT2D eigenvalue weighted by atomic mass is 10.3. The van der Waals surface area contributed by atoms with Crippen LogP contribution >= 0.6 is 0 Å². The highest BCUT2D eigenvalue weighted by Crippen LogP contribution is 2.16. The van der Waals surface area contributed by atoms with Gasteiger partial charge >= 0.3 is 0 Å². The van der Waals surface area contributed by atoms with E-state index < -0.39 is 0 Å². The molecule has 0 spiro atoms. The highest BCUT2D eigenvalue weighted by molar-refractivity contribution is 5.45. The van der Waals surface area contributed by atoms with E-state index in [0.717, 1.165) is 11.5 Å². The summed E-state index contributed by atoms with van der Waals surface area (Å²) in [6, 6.07) is 2.13. The van der Waals surface area contributed by atoms with E-state index in [9.17, 15) is 0 Å². The van der Waals surface area contributed by atoms with Crippen LogP contribution in [0.15, 0.2) is 6.07 Å². The van der Waals surface area contributed by atoms with Gasteiger partial charge in [0, 0.05) is 24.3 Å². The fraction of sp³-hybridized carbons (Fsp3) is 0.600. The molecular formula is C10H19N5O. The number of aliphatic hydroxyl groups excluding tert-OH is 1. The van der Waals surface area contributed by atoms with Gasteiger partial charge in [0.25, 0.3) is 0 Å². The van der Waals surface area contributed by atoms with Gasteiger partial charge in [-0.15, -0.1) is 0 Å². The zero-order chi connectivity index (χ0) is 12.1. The smallest absolute Gasteiger partial charge is 0.239 e. The molecule has 6 heteroatoms. The highest BCUT2D eigenvalue weighted by atomic mass is 16.3. The number of aromatic nitrogens is 2. The van der Waals surface area contributed by atoms with Crippen LogP contribution in [-0.4, -0.2) is 34.3 Å². The summed E-state index contributed by atoms with van der Waals surface area (Å²) in [4.78, 5) is 10.4. The Morgan fingerprint density at radius 2 is 2.19 bits per heavy atom. The Kier molecular flexibility index (Phi) is 4.45. The van der Waals surface area contributed by atoms with Crippen molar-refractivity contribution in [1.29, 1.82) is 0 Å². The van der Waals surface area contributed by atoms with E-state index in [0.29, 0.717) is 12.5 Å². The number of aliphatic hydroxyl groups is 1. The van der Waals surface area contributed by atoms with Crippen molar-refractivity contribution in [2.75, 3.05) is 23.5 Å². The number of hydrogen-bond acceptors (Lipinski definition) is 6. The molecule has 0 saturated heterocycles. The first-order valence-corrected chi connectivity index (χ1v) is 5.28. The molecule has 1 aromatic heterocycles. The molecule has 0 atom stereocenters. The SMILES string of the molecule is Cc1cc(N(CCO)C(C)C)nc(NN)n1. The van der Waals surface area contributed by atoms with Gasteiger partial charge < -0.3 is 10.0 Å². The summed E-state index contributed by atoms with van der Waals surface area (Å²) in [5, 5.41) is 9.02. The molecule has 1 rings (SSSR count). The Balaban J connectivity index is 3.03. The van der Waals surface area contributed by atoms with Crippen LogP contribution in [0.4, 0.5) is 11.8 Å². The summed E-state index contributed by atoms with van der Waals surface area (Å²) >= 11 is 0. The molecule has 0 fully saturated rings. The number of nitrogens with zero attached hydrogens (tertiary/aromatic N) is 3. The maximum atomic E-state index is 9.02. The minimum atomic E-state index is 0.0899. The summed E-state index contributed by atoms with van der Waals surface area (Å²) in [6.45, 7) is 6.60. The Morgan fingerprint density at radius 1 is 1.50 bits per heavy atom. The molecule has 0 aliphatic carbocycles. The normalized spacial score (nSPS) is 10.6. The van der Waals surface area contributed by atoms with Gasteiger partial charge in [-0.3, -0.25) is 5.43 Å². The number of nitrogen functional groups attached to an aromatic ring is 1. The summed E-state index contributed by atoms with van der Waals surface area (Å²) in [6.07, 6.45) is 0. The van der Waals surface area contributed by atoms with Crippen molar-refractivity contribution in [3.05, 3.63) is 11.8 Å². The summed E-state index contributed by atoms with van der Waals surface area (Å²) < 4.78 is 0. The molecule has 0 saturated carbocycles. The molecule has 0 aliphatic heterocycles. The van der Waals surface area contributed by atoms with Crippen LogP contribution in [-0.2, 0) is 0 Å². The van der Waals surface area contributed by atoms with E-state index in [1.165, 1.54) is 0 Å². The minimum absolute atomic E-state index is 0.0899. The van der Waals surface area contributed by atoms with Gasteiger partial charge in [0.1, 0.15) is 5.82 Å². The van der Waals surface area contributed by atoms with Crippen LogP contribution in [0.3, 0.4) is 0 Å². The second-order valence-electron chi connectivity index (χ2n) is 3.85. The van der Waals surface area contributed by atoms with Crippen LogP contribution in [0.5, 0.6) is 0 Å². The quantitative estimate of drug-likeness (QED) is 0.493. The summed E-state index contributed by atoms with van der Waals surface area (Å²) in [5.41, 5.74) is 3.27. The minimum Gasteiger partial charge on any atom is -0.395 e. The zero-order valence-electron chi connectivity index (χ0n) is 9.94. The molecule has 1 heterocycles. The lowest BCUT2D eigenvalue weighted by Gasteiger charge is -2.27. The monoisotopic (exact) mass is 225 g/mol. The third kappa shape index (κ3) is 3.04. The molecule has 0 unspecified atom stereocenters. The third-order valence-corrected chi connectivity index (χ3v) is 2.23. The Labute approximate surface area is 95.5 Å². The van der Waals surface area contributed by atoms with Crippen molar-refractivity contribution in [2.24, 2.45) is 5.84 Å². The molecule has 0 aromatic carbocycles. The first kappa shape index (κ1) is 12.7. The van der Waals surface area contributed by atoms with Crippen LogP contribution < -0.4 is 16.2 Å². The van der Waals surface area contributed by atoms with Crippen LogP contribution in [0.2, 0.25) is 0 Å². The van der Waals surface area contributed by atoms with E-state index in [4.69, 9.17) is 10.9 Å². The average Bonchev–Trinajstić information content (AvgIpc) is 2.24. The Bertz CT molecular complexity index is 342. The van der Waals surface area contributed by atoms with Crippen molar-refractivity contribution in [2.45, 2.75) is 26.8 Å². The molecule has 90 valence electrons. The number of aryl methyl sites for hydroxylation is 1. The van der Waals surface area contributed by atoms with Gasteiger partial charge in [-0.05, 0) is 20.8 Å². The summed E-state index contributed by atoms with van der Waals surface area (Å²) in [5.74, 6) is 6.45. The van der Waals surface area contributed by atoms with Crippen molar-refractivity contribution in [3.63, 3.8) is 0 Å². The lowest BCUT2D eigenvalue weighted by Crippen LogP contribution is -2.34. The Morgan fingerprint density at radius 3 is 2.69 bits per heavy atom. The Hall–Kier alpha value is -1.40. The number of hydrazine groups is 1. The van der Waals surface area contributed by atoms with Crippen molar-refractivity contribution in [3.8, 4) is 0 Å². The fourth-order valence-electron chi connectivity index (χ4n) is 1.51. The standard InChI is InChI=1S/C10H19N5O/c1-7(2)15(4-5-16)9-6-8(3)12-10(13-9)14-11/h6-7,16H,4-5,11H2,1-3H3,(H,12,13,14). The number of nitrogens with two attached hydrogens (primary N) is 1. The first-order chi connectivity index (χ1) is 7.58. The molecule has 16 heavy (non-hydrogen) atoms. The number of hydrogen-bond donors (Lipinski definition) is 3. The highest BCUT2D eigenvalue weighted by Gasteiger charge is 2.12. The van der Waals surface area contributed by atoms with Gasteiger partial charge in [0.05, 0.1) is 6.61 Å². The van der Waals surface area contributed by atoms with Gasteiger partial charge in [0.15, 0.2) is 0 Å². The van der Waals surface area contributed by atoms with Crippen LogP contribution in [0, 0.1) is 6.92 Å². The topological polar surface area (TPSA) is 87.3 Å². The van der Waals surface area contributed by atoms with E-state index >= 15 is 0 Å². The maximum absolute atomic E-state index is 9.02. The van der Waals surface area contributed by atoms with Crippen LogP contribution in [0.1, 0.15) is 19.5 Å².